The van der Waals surface area contributed by atoms with E-state index >= 15 is 8.78 Å². The Morgan fingerprint density at radius 2 is 1.69 bits per heavy atom. The third-order valence-electron chi connectivity index (χ3n) is 4.93. The number of alkyl halides is 2. The van der Waals surface area contributed by atoms with Gasteiger partial charge >= 0.3 is 5.92 Å². The van der Waals surface area contributed by atoms with Gasteiger partial charge in [-0.1, -0.05) is 18.2 Å². The maximum atomic E-state index is 15.6. The van der Waals surface area contributed by atoms with E-state index in [4.69, 9.17) is 4.74 Å². The van der Waals surface area contributed by atoms with Gasteiger partial charge in [-0.15, -0.1) is 10.2 Å². The van der Waals surface area contributed by atoms with Crippen LogP contribution in [-0.4, -0.2) is 46.4 Å². The summed E-state index contributed by atoms with van der Waals surface area (Å²) < 4.78 is 39.0. The quantitative estimate of drug-likeness (QED) is 0.419. The first kappa shape index (κ1) is 19.7. The number of methoxy groups -OCH3 is 1. The van der Waals surface area contributed by atoms with Crippen molar-refractivity contribution in [1.82, 2.24) is 39.3 Å². The highest BCUT2D eigenvalue weighted by molar-refractivity contribution is 5.61. The van der Waals surface area contributed by atoms with Crippen LogP contribution in [0, 0.1) is 0 Å². The average molecular weight is 434 g/mol. The molecule has 0 saturated heterocycles. The van der Waals surface area contributed by atoms with Crippen molar-refractivity contribution < 1.29 is 13.5 Å². The lowest BCUT2D eigenvalue weighted by molar-refractivity contribution is 0.0317. The molecule has 5 rings (SSSR count). The molecule has 1 aromatic carbocycles. The van der Waals surface area contributed by atoms with Gasteiger partial charge in [0, 0.05) is 47.9 Å². The number of halogens is 2. The van der Waals surface area contributed by atoms with Crippen LogP contribution in [0.5, 0.6) is 5.75 Å². The van der Waals surface area contributed by atoms with Crippen LogP contribution in [0.1, 0.15) is 11.4 Å². The van der Waals surface area contributed by atoms with E-state index in [0.29, 0.717) is 22.7 Å². The van der Waals surface area contributed by atoms with Crippen LogP contribution in [0.3, 0.4) is 0 Å². The fourth-order valence-electron chi connectivity index (χ4n) is 3.28. The van der Waals surface area contributed by atoms with Gasteiger partial charge in [-0.05, 0) is 6.07 Å². The summed E-state index contributed by atoms with van der Waals surface area (Å²) in [4.78, 5) is 12.5. The van der Waals surface area contributed by atoms with Crippen LogP contribution in [0.25, 0.3) is 28.3 Å². The van der Waals surface area contributed by atoms with Gasteiger partial charge in [0.2, 0.25) is 5.82 Å². The molecule has 0 aliphatic carbocycles. The van der Waals surface area contributed by atoms with Gasteiger partial charge in [-0.3, -0.25) is 9.08 Å². The largest absolute Gasteiger partial charge is 0.494 e. The van der Waals surface area contributed by atoms with Gasteiger partial charge in [0.15, 0.2) is 11.6 Å². The fraction of sp³-hybridized carbons (Fsp3) is 0.143. The molecule has 9 nitrogen and oxygen atoms in total. The van der Waals surface area contributed by atoms with Crippen LogP contribution in [0.15, 0.2) is 61.4 Å². The predicted octanol–water partition coefficient (Wildman–Crippen LogP) is 3.13. The first-order valence-corrected chi connectivity index (χ1v) is 9.51. The van der Waals surface area contributed by atoms with Crippen molar-refractivity contribution in [2.75, 3.05) is 7.11 Å². The molecule has 0 spiro atoms. The minimum absolute atomic E-state index is 0.0713. The number of ether oxygens (including phenoxy) is 1. The first-order valence-electron chi connectivity index (χ1n) is 9.51. The van der Waals surface area contributed by atoms with Crippen LogP contribution in [-0.2, 0) is 13.0 Å². The highest BCUT2D eigenvalue weighted by atomic mass is 19.3. The molecule has 0 atom stereocenters. The van der Waals surface area contributed by atoms with Crippen molar-refractivity contribution in [2.45, 2.75) is 5.92 Å². The van der Waals surface area contributed by atoms with Crippen LogP contribution in [0.2, 0.25) is 0 Å². The number of hydrogen-bond donors (Lipinski definition) is 0. The van der Waals surface area contributed by atoms with Crippen molar-refractivity contribution >= 4 is 5.78 Å². The van der Waals surface area contributed by atoms with E-state index in [9.17, 15) is 0 Å². The Bertz CT molecular complexity index is 1410. The summed E-state index contributed by atoms with van der Waals surface area (Å²) >= 11 is 0. The summed E-state index contributed by atoms with van der Waals surface area (Å²) in [5.74, 6) is -3.14. The molecule has 0 bridgehead atoms. The molecule has 0 aliphatic rings. The van der Waals surface area contributed by atoms with Crippen molar-refractivity contribution in [3.05, 3.63) is 72.8 Å². The lowest BCUT2D eigenvalue weighted by Crippen LogP contribution is -2.19. The standard InChI is InChI=1S/C21H16F2N8O/c1-30-11-15(8-27-30)14-7-26-20-29-28-19(31(20)12-14)21(22,23)16-5-3-4-13(6-16)18-24-9-17(32-2)10-25-18/h3-12H,1-2H3. The van der Waals surface area contributed by atoms with E-state index in [2.05, 4.69) is 30.2 Å². The van der Waals surface area contributed by atoms with E-state index in [1.165, 1.54) is 48.3 Å². The molecule has 5 aromatic rings. The Morgan fingerprint density at radius 1 is 0.906 bits per heavy atom. The molecule has 0 N–H and O–H groups in total. The molecule has 0 saturated carbocycles. The maximum absolute atomic E-state index is 15.6. The summed E-state index contributed by atoms with van der Waals surface area (Å²) in [6.07, 6.45) is 9.42. The molecule has 0 amide bonds. The Morgan fingerprint density at radius 3 is 2.41 bits per heavy atom. The number of aromatic nitrogens is 8. The van der Waals surface area contributed by atoms with E-state index in [1.54, 1.807) is 36.4 Å². The lowest BCUT2D eigenvalue weighted by Gasteiger charge is -2.16. The highest BCUT2D eigenvalue weighted by Crippen LogP contribution is 2.36. The fourth-order valence-corrected chi connectivity index (χ4v) is 3.28. The Labute approximate surface area is 180 Å². The minimum atomic E-state index is -3.45. The van der Waals surface area contributed by atoms with Crippen LogP contribution >= 0.6 is 0 Å². The first-order chi connectivity index (χ1) is 15.5. The molecular formula is C21H16F2N8O. The zero-order valence-electron chi connectivity index (χ0n) is 17.0. The SMILES string of the molecule is COc1cnc(-c2cccc(C(F)(F)c3nnc4ncc(-c5cnn(C)c5)cn34)c2)nc1. The number of rotatable bonds is 5. The van der Waals surface area contributed by atoms with Gasteiger partial charge in [0.1, 0.15) is 0 Å². The molecule has 4 heterocycles. The topological polar surface area (TPSA) is 95.9 Å². The van der Waals surface area contributed by atoms with Crippen molar-refractivity contribution in [1.29, 1.82) is 0 Å². The Balaban J connectivity index is 1.57. The second-order valence-electron chi connectivity index (χ2n) is 7.04. The Hall–Kier alpha value is -4.28. The molecule has 11 heteroatoms. The van der Waals surface area contributed by atoms with Gasteiger partial charge in [-0.2, -0.15) is 13.9 Å². The molecular weight excluding hydrogens is 418 g/mol. The molecule has 32 heavy (non-hydrogen) atoms. The summed E-state index contributed by atoms with van der Waals surface area (Å²) in [5.41, 5.74) is 1.52. The van der Waals surface area contributed by atoms with Gasteiger partial charge < -0.3 is 4.74 Å². The zero-order chi connectivity index (χ0) is 22.3. The van der Waals surface area contributed by atoms with Crippen molar-refractivity contribution in [3.8, 4) is 28.3 Å². The van der Waals surface area contributed by atoms with Gasteiger partial charge in [0.05, 0.1) is 25.7 Å². The molecule has 0 aliphatic heterocycles. The highest BCUT2D eigenvalue weighted by Gasteiger charge is 2.40. The maximum Gasteiger partial charge on any atom is 0.332 e. The molecule has 0 fully saturated rings. The van der Waals surface area contributed by atoms with Crippen molar-refractivity contribution in [3.63, 3.8) is 0 Å². The van der Waals surface area contributed by atoms with Crippen LogP contribution < -0.4 is 4.74 Å². The van der Waals surface area contributed by atoms with Crippen molar-refractivity contribution in [2.24, 2.45) is 7.05 Å². The summed E-state index contributed by atoms with van der Waals surface area (Å²) in [6.45, 7) is 0. The smallest absolute Gasteiger partial charge is 0.332 e. The molecule has 4 aromatic heterocycles. The summed E-state index contributed by atoms with van der Waals surface area (Å²) in [7, 11) is 3.27. The van der Waals surface area contributed by atoms with Gasteiger partial charge in [-0.25, -0.2) is 15.0 Å². The number of nitrogens with zero attached hydrogens (tertiary/aromatic N) is 8. The number of benzene rings is 1. The average Bonchev–Trinajstić information content (AvgIpc) is 3.45. The monoisotopic (exact) mass is 434 g/mol. The summed E-state index contributed by atoms with van der Waals surface area (Å²) in [6, 6.07) is 5.84. The van der Waals surface area contributed by atoms with Crippen LogP contribution in [0.4, 0.5) is 8.78 Å². The Kier molecular flexibility index (Phi) is 4.58. The van der Waals surface area contributed by atoms with Gasteiger partial charge in [0.25, 0.3) is 5.78 Å². The normalized spacial score (nSPS) is 11.8. The van der Waals surface area contributed by atoms with E-state index < -0.39 is 11.7 Å². The second-order valence-corrected chi connectivity index (χ2v) is 7.04. The minimum Gasteiger partial charge on any atom is -0.494 e. The zero-order valence-corrected chi connectivity index (χ0v) is 17.0. The lowest BCUT2D eigenvalue weighted by atomic mass is 10.0. The predicted molar refractivity (Wildman–Crippen MR) is 110 cm³/mol. The molecule has 160 valence electrons. The number of fused-ring (bicyclic) bond motifs is 1. The van der Waals surface area contributed by atoms with E-state index in [0.717, 1.165) is 5.56 Å². The van der Waals surface area contributed by atoms with E-state index in [-0.39, 0.29) is 11.3 Å². The second kappa shape index (κ2) is 7.45. The number of aryl methyl sites for hydroxylation is 1. The summed E-state index contributed by atoms with van der Waals surface area (Å²) in [5, 5.41) is 11.7. The molecule has 0 unspecified atom stereocenters. The van der Waals surface area contributed by atoms with E-state index in [1.807, 2.05) is 0 Å². The number of hydrogen-bond acceptors (Lipinski definition) is 7. The third kappa shape index (κ3) is 3.33. The molecule has 0 radical (unpaired) electrons. The third-order valence-corrected chi connectivity index (χ3v) is 4.93.